The van der Waals surface area contributed by atoms with Gasteiger partial charge in [0, 0.05) is 13.1 Å². The fourth-order valence-corrected chi connectivity index (χ4v) is 1.11. The summed E-state index contributed by atoms with van der Waals surface area (Å²) in [7, 11) is 2.87. The van der Waals surface area contributed by atoms with Crippen LogP contribution in [0.2, 0.25) is 0 Å². The van der Waals surface area contributed by atoms with E-state index in [0.29, 0.717) is 11.4 Å². The molecule has 0 atom stereocenters. The standard InChI is InChI=1S/C9H9ClFNO2/c1-12(9(10)13)7-5-6(11)3-4-8(7)14-2/h3-5H,1-2H3. The summed E-state index contributed by atoms with van der Waals surface area (Å²) in [5.41, 5.74) is 0.299. The van der Waals surface area contributed by atoms with Crippen LogP contribution in [0.3, 0.4) is 0 Å². The maximum absolute atomic E-state index is 12.9. The molecule has 76 valence electrons. The first kappa shape index (κ1) is 10.8. The van der Waals surface area contributed by atoms with E-state index in [1.54, 1.807) is 0 Å². The van der Waals surface area contributed by atoms with Gasteiger partial charge < -0.3 is 4.74 Å². The second-order valence-electron chi connectivity index (χ2n) is 2.63. The van der Waals surface area contributed by atoms with Crippen molar-refractivity contribution >= 4 is 22.7 Å². The predicted octanol–water partition coefficient (Wildman–Crippen LogP) is 2.63. The van der Waals surface area contributed by atoms with Crippen LogP contribution >= 0.6 is 11.6 Å². The first-order valence-electron chi connectivity index (χ1n) is 3.83. The zero-order valence-electron chi connectivity index (χ0n) is 7.75. The molecular formula is C9H9ClFNO2. The summed E-state index contributed by atoms with van der Waals surface area (Å²) in [6, 6.07) is 3.86. The molecule has 0 N–H and O–H groups in total. The van der Waals surface area contributed by atoms with Gasteiger partial charge >= 0.3 is 5.37 Å². The zero-order chi connectivity index (χ0) is 10.7. The highest BCUT2D eigenvalue weighted by Gasteiger charge is 2.13. The van der Waals surface area contributed by atoms with E-state index in [1.807, 2.05) is 0 Å². The van der Waals surface area contributed by atoms with Crippen molar-refractivity contribution in [1.82, 2.24) is 0 Å². The summed E-state index contributed by atoms with van der Waals surface area (Å²) < 4.78 is 17.8. The molecule has 0 unspecified atom stereocenters. The van der Waals surface area contributed by atoms with Crippen LogP contribution < -0.4 is 9.64 Å². The number of hydrogen-bond acceptors (Lipinski definition) is 2. The zero-order valence-corrected chi connectivity index (χ0v) is 8.51. The van der Waals surface area contributed by atoms with Gasteiger partial charge in [0.15, 0.2) is 0 Å². The van der Waals surface area contributed by atoms with Crippen molar-refractivity contribution < 1.29 is 13.9 Å². The fraction of sp³-hybridized carbons (Fsp3) is 0.222. The second kappa shape index (κ2) is 4.28. The number of methoxy groups -OCH3 is 1. The van der Waals surface area contributed by atoms with E-state index < -0.39 is 11.2 Å². The molecule has 0 saturated heterocycles. The molecule has 3 nitrogen and oxygen atoms in total. The van der Waals surface area contributed by atoms with Crippen LogP contribution in [-0.2, 0) is 0 Å². The normalized spacial score (nSPS) is 9.71. The molecule has 0 fully saturated rings. The van der Waals surface area contributed by atoms with Crippen LogP contribution in [0.25, 0.3) is 0 Å². The third kappa shape index (κ3) is 2.14. The molecule has 0 aliphatic rings. The lowest BCUT2D eigenvalue weighted by atomic mass is 10.2. The van der Waals surface area contributed by atoms with Gasteiger partial charge in [-0.2, -0.15) is 0 Å². The Morgan fingerprint density at radius 2 is 2.21 bits per heavy atom. The van der Waals surface area contributed by atoms with Crippen molar-refractivity contribution in [3.63, 3.8) is 0 Å². The maximum atomic E-state index is 12.9. The molecule has 0 spiro atoms. The molecule has 1 rings (SSSR count). The van der Waals surface area contributed by atoms with Crippen LogP contribution in [0, 0.1) is 5.82 Å². The van der Waals surface area contributed by atoms with Gasteiger partial charge in [0.2, 0.25) is 0 Å². The van der Waals surface area contributed by atoms with Gasteiger partial charge in [-0.3, -0.25) is 9.69 Å². The number of rotatable bonds is 2. The van der Waals surface area contributed by atoms with Crippen LogP contribution in [0.15, 0.2) is 18.2 Å². The highest BCUT2D eigenvalue weighted by molar-refractivity contribution is 6.66. The molecule has 14 heavy (non-hydrogen) atoms. The van der Waals surface area contributed by atoms with Gasteiger partial charge in [0.05, 0.1) is 12.8 Å². The largest absolute Gasteiger partial charge is 0.495 e. The Morgan fingerprint density at radius 1 is 1.57 bits per heavy atom. The molecule has 1 amide bonds. The van der Waals surface area contributed by atoms with Gasteiger partial charge in [0.1, 0.15) is 11.6 Å². The Labute approximate surface area is 86.0 Å². The SMILES string of the molecule is COc1ccc(F)cc1N(C)C(=O)Cl. The quantitative estimate of drug-likeness (QED) is 0.563. The number of nitrogens with zero attached hydrogens (tertiary/aromatic N) is 1. The van der Waals surface area contributed by atoms with Gasteiger partial charge in [-0.05, 0) is 23.7 Å². The third-order valence-electron chi connectivity index (χ3n) is 1.77. The number of halogens is 2. The monoisotopic (exact) mass is 217 g/mol. The van der Waals surface area contributed by atoms with E-state index in [0.717, 1.165) is 4.90 Å². The first-order chi connectivity index (χ1) is 6.56. The highest BCUT2D eigenvalue weighted by Crippen LogP contribution is 2.28. The van der Waals surface area contributed by atoms with Crippen molar-refractivity contribution in [2.24, 2.45) is 0 Å². The van der Waals surface area contributed by atoms with E-state index in [-0.39, 0.29) is 0 Å². The number of carbonyl (C=O) groups is 1. The first-order valence-corrected chi connectivity index (χ1v) is 4.20. The Bertz CT molecular complexity index is 357. The lowest BCUT2D eigenvalue weighted by Crippen LogP contribution is -2.20. The smallest absolute Gasteiger partial charge is 0.320 e. The Kier molecular flexibility index (Phi) is 3.30. The minimum absolute atomic E-state index is 0.299. The number of benzene rings is 1. The Morgan fingerprint density at radius 3 is 2.71 bits per heavy atom. The molecule has 0 aliphatic heterocycles. The molecule has 0 aliphatic carbocycles. The number of carbonyl (C=O) groups excluding carboxylic acids is 1. The Hall–Kier alpha value is -1.29. The van der Waals surface area contributed by atoms with Crippen molar-refractivity contribution in [2.45, 2.75) is 0 Å². The summed E-state index contributed by atoms with van der Waals surface area (Å²) in [4.78, 5) is 11.9. The summed E-state index contributed by atoms with van der Waals surface area (Å²) in [5.74, 6) is -0.0616. The van der Waals surface area contributed by atoms with E-state index in [4.69, 9.17) is 16.3 Å². The number of hydrogen-bond donors (Lipinski definition) is 0. The van der Waals surface area contributed by atoms with Crippen molar-refractivity contribution in [1.29, 1.82) is 0 Å². The topological polar surface area (TPSA) is 29.5 Å². The van der Waals surface area contributed by atoms with E-state index in [2.05, 4.69) is 0 Å². The molecule has 0 bridgehead atoms. The lowest BCUT2D eigenvalue weighted by molar-refractivity contribution is 0.265. The van der Waals surface area contributed by atoms with E-state index >= 15 is 0 Å². The molecule has 0 aromatic heterocycles. The summed E-state index contributed by atoms with van der Waals surface area (Å²) in [5, 5.41) is -0.700. The summed E-state index contributed by atoms with van der Waals surface area (Å²) >= 11 is 5.25. The lowest BCUT2D eigenvalue weighted by Gasteiger charge is -2.16. The number of ether oxygens (including phenoxy) is 1. The molecule has 1 aromatic rings. The van der Waals surface area contributed by atoms with Crippen LogP contribution in [0.4, 0.5) is 14.9 Å². The van der Waals surface area contributed by atoms with Gasteiger partial charge in [-0.25, -0.2) is 4.39 Å². The molecule has 1 aromatic carbocycles. The molecule has 0 heterocycles. The molecular weight excluding hydrogens is 209 g/mol. The minimum Gasteiger partial charge on any atom is -0.495 e. The van der Waals surface area contributed by atoms with Crippen LogP contribution in [-0.4, -0.2) is 19.5 Å². The predicted molar refractivity (Wildman–Crippen MR) is 52.6 cm³/mol. The second-order valence-corrected chi connectivity index (χ2v) is 2.95. The van der Waals surface area contributed by atoms with Gasteiger partial charge in [-0.1, -0.05) is 0 Å². The molecule has 0 radical (unpaired) electrons. The third-order valence-corrected chi connectivity index (χ3v) is 2.02. The van der Waals surface area contributed by atoms with Crippen molar-refractivity contribution in [3.05, 3.63) is 24.0 Å². The number of anilines is 1. The molecule has 0 saturated carbocycles. The minimum atomic E-state index is -0.700. The molecule has 5 heteroatoms. The average Bonchev–Trinajstić information content (AvgIpc) is 2.16. The summed E-state index contributed by atoms with van der Waals surface area (Å²) in [6.45, 7) is 0. The fourth-order valence-electron chi connectivity index (χ4n) is 1.02. The van der Waals surface area contributed by atoms with E-state index in [9.17, 15) is 9.18 Å². The number of amides is 1. The summed E-state index contributed by atoms with van der Waals surface area (Å²) in [6.07, 6.45) is 0. The van der Waals surface area contributed by atoms with Crippen molar-refractivity contribution in [2.75, 3.05) is 19.1 Å². The maximum Gasteiger partial charge on any atom is 0.320 e. The highest BCUT2D eigenvalue weighted by atomic mass is 35.5. The van der Waals surface area contributed by atoms with Crippen LogP contribution in [0.1, 0.15) is 0 Å². The van der Waals surface area contributed by atoms with Crippen molar-refractivity contribution in [3.8, 4) is 5.75 Å². The van der Waals surface area contributed by atoms with Crippen LogP contribution in [0.5, 0.6) is 5.75 Å². The van der Waals surface area contributed by atoms with Gasteiger partial charge in [-0.15, -0.1) is 0 Å². The van der Waals surface area contributed by atoms with Gasteiger partial charge in [0.25, 0.3) is 0 Å². The Balaban J connectivity index is 3.16. The average molecular weight is 218 g/mol. The van der Waals surface area contributed by atoms with E-state index in [1.165, 1.54) is 32.4 Å².